The fourth-order valence-corrected chi connectivity index (χ4v) is 2.94. The first kappa shape index (κ1) is 15.5. The van der Waals surface area contributed by atoms with E-state index in [9.17, 15) is 9.59 Å². The zero-order chi connectivity index (χ0) is 16.2. The fourth-order valence-electron chi connectivity index (χ4n) is 2.94. The Kier molecular flexibility index (Phi) is 4.57. The van der Waals surface area contributed by atoms with E-state index >= 15 is 0 Å². The summed E-state index contributed by atoms with van der Waals surface area (Å²) in [5.41, 5.74) is 6.49. The van der Waals surface area contributed by atoms with Crippen molar-refractivity contribution in [1.82, 2.24) is 5.32 Å². The molecule has 1 aliphatic rings. The second-order valence-corrected chi connectivity index (χ2v) is 5.87. The Labute approximate surface area is 134 Å². The summed E-state index contributed by atoms with van der Waals surface area (Å²) in [6.45, 7) is 0.994. The first-order valence-corrected chi connectivity index (χ1v) is 7.79. The van der Waals surface area contributed by atoms with Crippen LogP contribution in [0.2, 0.25) is 0 Å². The van der Waals surface area contributed by atoms with Gasteiger partial charge in [0, 0.05) is 13.0 Å². The number of hydrogen-bond acceptors (Lipinski definition) is 3. The maximum Gasteiger partial charge on any atom is 0.240 e. The summed E-state index contributed by atoms with van der Waals surface area (Å²) in [4.78, 5) is 24.0. The lowest BCUT2D eigenvalue weighted by Gasteiger charge is -2.18. The van der Waals surface area contributed by atoms with E-state index < -0.39 is 11.9 Å². The number of hydrogen-bond donors (Lipinski definition) is 2. The van der Waals surface area contributed by atoms with Gasteiger partial charge in [-0.25, -0.2) is 0 Å². The lowest BCUT2D eigenvalue weighted by Crippen LogP contribution is -2.48. The van der Waals surface area contributed by atoms with Crippen molar-refractivity contribution in [2.24, 2.45) is 11.7 Å². The highest BCUT2D eigenvalue weighted by Gasteiger charge is 2.27. The molecule has 2 aromatic rings. The van der Waals surface area contributed by atoms with E-state index in [1.807, 2.05) is 42.5 Å². The summed E-state index contributed by atoms with van der Waals surface area (Å²) >= 11 is 0. The summed E-state index contributed by atoms with van der Waals surface area (Å²) in [6, 6.07) is 13.2. The minimum atomic E-state index is -0.714. The van der Waals surface area contributed by atoms with Crippen LogP contribution < -0.4 is 11.1 Å². The van der Waals surface area contributed by atoms with Gasteiger partial charge in [0.2, 0.25) is 11.8 Å². The zero-order valence-electron chi connectivity index (χ0n) is 12.8. The molecule has 3 N–H and O–H groups in total. The molecule has 1 fully saturated rings. The Morgan fingerprint density at radius 1 is 1.22 bits per heavy atom. The number of primary amides is 1. The largest absolute Gasteiger partial charge is 0.381 e. The van der Waals surface area contributed by atoms with Crippen molar-refractivity contribution in [3.05, 3.63) is 48.0 Å². The molecule has 0 aliphatic carbocycles. The van der Waals surface area contributed by atoms with Gasteiger partial charge < -0.3 is 15.8 Å². The van der Waals surface area contributed by atoms with E-state index in [4.69, 9.17) is 10.5 Å². The van der Waals surface area contributed by atoms with Crippen molar-refractivity contribution in [3.8, 4) is 0 Å². The number of carbonyl (C=O) groups is 2. The smallest absolute Gasteiger partial charge is 0.240 e. The number of fused-ring (bicyclic) bond motifs is 1. The van der Waals surface area contributed by atoms with Crippen molar-refractivity contribution in [1.29, 1.82) is 0 Å². The van der Waals surface area contributed by atoms with E-state index in [0.29, 0.717) is 26.1 Å². The third kappa shape index (κ3) is 3.51. The lowest BCUT2D eigenvalue weighted by molar-refractivity contribution is -0.129. The number of nitrogens with two attached hydrogens (primary N) is 1. The first-order valence-electron chi connectivity index (χ1n) is 7.79. The van der Waals surface area contributed by atoms with Gasteiger partial charge in [-0.2, -0.15) is 0 Å². The van der Waals surface area contributed by atoms with Crippen molar-refractivity contribution < 1.29 is 14.3 Å². The Morgan fingerprint density at radius 2 is 2.00 bits per heavy atom. The summed E-state index contributed by atoms with van der Waals surface area (Å²) in [5.74, 6) is -0.874. The normalized spacial score (nSPS) is 18.7. The predicted octanol–water partition coefficient (Wildman–Crippen LogP) is 1.39. The molecular formula is C18H20N2O3. The van der Waals surface area contributed by atoms with Gasteiger partial charge in [0.15, 0.2) is 0 Å². The molecule has 2 amide bonds. The first-order chi connectivity index (χ1) is 11.1. The van der Waals surface area contributed by atoms with Crippen LogP contribution in [0.4, 0.5) is 0 Å². The van der Waals surface area contributed by atoms with Crippen LogP contribution >= 0.6 is 0 Å². The molecule has 0 unspecified atom stereocenters. The third-order valence-corrected chi connectivity index (χ3v) is 4.26. The molecule has 5 nitrogen and oxygen atoms in total. The molecule has 0 saturated carbocycles. The average Bonchev–Trinajstić information content (AvgIpc) is 3.09. The molecule has 1 aliphatic heterocycles. The van der Waals surface area contributed by atoms with Crippen LogP contribution in [-0.2, 0) is 20.7 Å². The molecule has 0 aromatic heterocycles. The monoisotopic (exact) mass is 312 g/mol. The van der Waals surface area contributed by atoms with Crippen LogP contribution in [0.25, 0.3) is 10.8 Å². The Balaban J connectivity index is 1.78. The molecule has 2 aromatic carbocycles. The maximum absolute atomic E-state index is 12.2. The van der Waals surface area contributed by atoms with Crippen molar-refractivity contribution in [2.45, 2.75) is 18.9 Å². The van der Waals surface area contributed by atoms with E-state index in [1.54, 1.807) is 0 Å². The molecule has 23 heavy (non-hydrogen) atoms. The molecule has 120 valence electrons. The third-order valence-electron chi connectivity index (χ3n) is 4.26. The molecule has 2 atom stereocenters. The average molecular weight is 312 g/mol. The van der Waals surface area contributed by atoms with Crippen LogP contribution in [0.3, 0.4) is 0 Å². The van der Waals surface area contributed by atoms with Gasteiger partial charge >= 0.3 is 0 Å². The van der Waals surface area contributed by atoms with Crippen molar-refractivity contribution >= 4 is 22.6 Å². The number of rotatable bonds is 5. The summed E-state index contributed by atoms with van der Waals surface area (Å²) < 4.78 is 5.22. The molecule has 3 rings (SSSR count). The fraction of sp³-hybridized carbons (Fsp3) is 0.333. The van der Waals surface area contributed by atoms with Crippen LogP contribution in [0.15, 0.2) is 42.5 Å². The highest BCUT2D eigenvalue weighted by Crippen LogP contribution is 2.20. The number of benzene rings is 2. The van der Waals surface area contributed by atoms with Gasteiger partial charge in [0.05, 0.1) is 12.5 Å². The van der Waals surface area contributed by atoms with E-state index in [2.05, 4.69) is 5.32 Å². The molecule has 0 bridgehead atoms. The Morgan fingerprint density at radius 3 is 2.74 bits per heavy atom. The molecule has 1 saturated heterocycles. The molecule has 0 radical (unpaired) electrons. The van der Waals surface area contributed by atoms with Crippen LogP contribution in [-0.4, -0.2) is 31.1 Å². The SMILES string of the molecule is NC(=O)[C@@H](Cc1cccc2ccccc12)NC(=O)[C@H]1CCOC1. The van der Waals surface area contributed by atoms with Gasteiger partial charge in [-0.05, 0) is 22.8 Å². The number of nitrogens with one attached hydrogen (secondary N) is 1. The van der Waals surface area contributed by atoms with Gasteiger partial charge in [-0.3, -0.25) is 9.59 Å². The van der Waals surface area contributed by atoms with Gasteiger partial charge in [0.1, 0.15) is 6.04 Å². The van der Waals surface area contributed by atoms with E-state index in [1.165, 1.54) is 0 Å². The number of carbonyl (C=O) groups excluding carboxylic acids is 2. The number of amides is 2. The van der Waals surface area contributed by atoms with Gasteiger partial charge in [-0.1, -0.05) is 42.5 Å². The van der Waals surface area contributed by atoms with E-state index in [-0.39, 0.29) is 11.8 Å². The summed E-state index contributed by atoms with van der Waals surface area (Å²) in [7, 11) is 0. The second-order valence-electron chi connectivity index (χ2n) is 5.87. The van der Waals surface area contributed by atoms with Crippen molar-refractivity contribution in [3.63, 3.8) is 0 Å². The molecule has 0 spiro atoms. The van der Waals surface area contributed by atoms with Crippen molar-refractivity contribution in [2.75, 3.05) is 13.2 Å². The second kappa shape index (κ2) is 6.79. The standard InChI is InChI=1S/C18H20N2O3/c19-17(21)16(20-18(22)14-8-9-23-11-14)10-13-6-3-5-12-4-1-2-7-15(12)13/h1-7,14,16H,8-11H2,(H2,19,21)(H,20,22)/t14-,16+/m0/s1. The summed E-state index contributed by atoms with van der Waals surface area (Å²) in [6.07, 6.45) is 1.07. The molecule has 5 heteroatoms. The zero-order valence-corrected chi connectivity index (χ0v) is 12.8. The Bertz CT molecular complexity index is 718. The Hall–Kier alpha value is -2.40. The van der Waals surface area contributed by atoms with Crippen LogP contribution in [0, 0.1) is 5.92 Å². The highest BCUT2D eigenvalue weighted by atomic mass is 16.5. The van der Waals surface area contributed by atoms with Gasteiger partial charge in [-0.15, -0.1) is 0 Å². The van der Waals surface area contributed by atoms with Crippen LogP contribution in [0.1, 0.15) is 12.0 Å². The highest BCUT2D eigenvalue weighted by molar-refractivity contribution is 5.90. The van der Waals surface area contributed by atoms with Gasteiger partial charge in [0.25, 0.3) is 0 Å². The lowest BCUT2D eigenvalue weighted by atomic mass is 9.98. The van der Waals surface area contributed by atoms with Crippen LogP contribution in [0.5, 0.6) is 0 Å². The van der Waals surface area contributed by atoms with E-state index in [0.717, 1.165) is 16.3 Å². The minimum Gasteiger partial charge on any atom is -0.381 e. The topological polar surface area (TPSA) is 81.4 Å². The predicted molar refractivity (Wildman–Crippen MR) is 87.7 cm³/mol. The minimum absolute atomic E-state index is 0.161. The quantitative estimate of drug-likeness (QED) is 0.875. The maximum atomic E-state index is 12.2. The molecular weight excluding hydrogens is 292 g/mol. The summed E-state index contributed by atoms with van der Waals surface area (Å²) in [5, 5.41) is 4.95. The molecule has 1 heterocycles. The number of ether oxygens (including phenoxy) is 1.